The molecule has 14 heavy (non-hydrogen) atoms. The summed E-state index contributed by atoms with van der Waals surface area (Å²) in [7, 11) is 0. The Kier molecular flexibility index (Phi) is 2.70. The first-order chi connectivity index (χ1) is 6.68. The number of aromatic nitrogens is 2. The van der Waals surface area contributed by atoms with E-state index in [4.69, 9.17) is 11.6 Å². The maximum atomic E-state index is 9.99. The number of hydrogen-bond donors (Lipinski definition) is 1. The zero-order chi connectivity index (χ0) is 10.1. The third kappa shape index (κ3) is 1.74. The predicted molar refractivity (Wildman–Crippen MR) is 54.1 cm³/mol. The summed E-state index contributed by atoms with van der Waals surface area (Å²) in [6.07, 6.45) is 4.64. The first-order valence-electron chi connectivity index (χ1n) is 4.85. The van der Waals surface area contributed by atoms with Gasteiger partial charge in [-0.2, -0.15) is 0 Å². The van der Waals surface area contributed by atoms with E-state index < -0.39 is 6.10 Å². The molecule has 4 heteroatoms. The van der Waals surface area contributed by atoms with Crippen molar-refractivity contribution in [2.75, 3.05) is 0 Å². The van der Waals surface area contributed by atoms with Gasteiger partial charge in [-0.15, -0.1) is 0 Å². The monoisotopic (exact) mass is 212 g/mol. The number of nitrogens with zero attached hydrogens (tertiary/aromatic N) is 2. The molecule has 1 heterocycles. The number of hydrogen-bond acceptors (Lipinski definition) is 3. The van der Waals surface area contributed by atoms with Gasteiger partial charge in [0.15, 0.2) is 0 Å². The molecule has 1 unspecified atom stereocenters. The van der Waals surface area contributed by atoms with E-state index in [1.807, 2.05) is 6.92 Å². The van der Waals surface area contributed by atoms with Gasteiger partial charge >= 0.3 is 0 Å². The summed E-state index contributed by atoms with van der Waals surface area (Å²) in [4.78, 5) is 7.93. The molecule has 0 amide bonds. The van der Waals surface area contributed by atoms with Crippen molar-refractivity contribution in [3.8, 4) is 0 Å². The molecular formula is C10H13ClN2O. The number of aryl methyl sites for hydroxylation is 1. The van der Waals surface area contributed by atoms with Crippen LogP contribution in [0.25, 0.3) is 0 Å². The number of rotatable bonds is 2. The SMILES string of the molecule is Cc1nc(Cl)ncc1C(O)C1CCC1. The molecule has 1 aliphatic carbocycles. The van der Waals surface area contributed by atoms with E-state index in [0.29, 0.717) is 5.92 Å². The van der Waals surface area contributed by atoms with Crippen molar-refractivity contribution in [1.29, 1.82) is 0 Å². The Morgan fingerprint density at radius 2 is 2.29 bits per heavy atom. The Bertz CT molecular complexity index is 339. The van der Waals surface area contributed by atoms with Crippen LogP contribution in [0.5, 0.6) is 0 Å². The molecule has 1 saturated carbocycles. The van der Waals surface area contributed by atoms with Crippen LogP contribution < -0.4 is 0 Å². The molecule has 0 spiro atoms. The molecule has 1 aromatic heterocycles. The van der Waals surface area contributed by atoms with Crippen molar-refractivity contribution in [2.45, 2.75) is 32.3 Å². The van der Waals surface area contributed by atoms with Crippen LogP contribution in [-0.2, 0) is 0 Å². The first kappa shape index (κ1) is 9.87. The minimum atomic E-state index is -0.416. The molecule has 2 rings (SSSR count). The van der Waals surface area contributed by atoms with Crippen LogP contribution in [0.2, 0.25) is 5.28 Å². The van der Waals surface area contributed by atoms with Crippen molar-refractivity contribution in [2.24, 2.45) is 5.92 Å². The van der Waals surface area contributed by atoms with Crippen LogP contribution in [0.15, 0.2) is 6.20 Å². The van der Waals surface area contributed by atoms with Crippen molar-refractivity contribution in [3.63, 3.8) is 0 Å². The molecule has 1 N–H and O–H groups in total. The van der Waals surface area contributed by atoms with E-state index in [1.165, 1.54) is 6.42 Å². The van der Waals surface area contributed by atoms with Gasteiger partial charge in [-0.3, -0.25) is 0 Å². The topological polar surface area (TPSA) is 46.0 Å². The molecule has 0 saturated heterocycles. The van der Waals surface area contributed by atoms with Crippen LogP contribution >= 0.6 is 11.6 Å². The van der Waals surface area contributed by atoms with Crippen molar-refractivity contribution < 1.29 is 5.11 Å². The molecule has 1 aromatic rings. The number of halogens is 1. The second-order valence-electron chi connectivity index (χ2n) is 3.82. The lowest BCUT2D eigenvalue weighted by molar-refractivity contribution is 0.0610. The summed E-state index contributed by atoms with van der Waals surface area (Å²) < 4.78 is 0. The van der Waals surface area contributed by atoms with Gasteiger partial charge in [0, 0.05) is 17.5 Å². The fourth-order valence-electron chi connectivity index (χ4n) is 1.75. The van der Waals surface area contributed by atoms with Crippen LogP contribution in [0, 0.1) is 12.8 Å². The third-order valence-electron chi connectivity index (χ3n) is 2.90. The second-order valence-corrected chi connectivity index (χ2v) is 4.15. The predicted octanol–water partition coefficient (Wildman–Crippen LogP) is 2.27. The van der Waals surface area contributed by atoms with Gasteiger partial charge in [0.2, 0.25) is 5.28 Å². The average Bonchev–Trinajstić information content (AvgIpc) is 2.00. The molecule has 1 fully saturated rings. The van der Waals surface area contributed by atoms with Crippen molar-refractivity contribution >= 4 is 11.6 Å². The Morgan fingerprint density at radius 3 is 2.79 bits per heavy atom. The molecule has 0 aliphatic heterocycles. The van der Waals surface area contributed by atoms with Gasteiger partial charge in [-0.05, 0) is 37.3 Å². The van der Waals surface area contributed by atoms with E-state index in [1.54, 1.807) is 6.20 Å². The molecule has 76 valence electrons. The fraction of sp³-hybridized carbons (Fsp3) is 0.600. The highest BCUT2D eigenvalue weighted by molar-refractivity contribution is 6.28. The Balaban J connectivity index is 2.22. The van der Waals surface area contributed by atoms with Gasteiger partial charge in [0.05, 0.1) is 6.10 Å². The smallest absolute Gasteiger partial charge is 0.222 e. The zero-order valence-corrected chi connectivity index (χ0v) is 8.83. The molecule has 0 radical (unpaired) electrons. The second kappa shape index (κ2) is 3.83. The fourth-order valence-corrected chi connectivity index (χ4v) is 1.92. The highest BCUT2D eigenvalue weighted by Gasteiger charge is 2.28. The first-order valence-corrected chi connectivity index (χ1v) is 5.23. The summed E-state index contributed by atoms with van der Waals surface area (Å²) >= 11 is 5.65. The number of aliphatic hydroxyl groups excluding tert-OH is 1. The molecule has 0 aromatic carbocycles. The molecular weight excluding hydrogens is 200 g/mol. The minimum Gasteiger partial charge on any atom is -0.388 e. The lowest BCUT2D eigenvalue weighted by atomic mass is 9.79. The highest BCUT2D eigenvalue weighted by atomic mass is 35.5. The third-order valence-corrected chi connectivity index (χ3v) is 3.09. The number of aliphatic hydroxyl groups is 1. The van der Waals surface area contributed by atoms with Crippen molar-refractivity contribution in [3.05, 3.63) is 22.7 Å². The van der Waals surface area contributed by atoms with Crippen LogP contribution in [0.1, 0.15) is 36.6 Å². The average molecular weight is 213 g/mol. The van der Waals surface area contributed by atoms with E-state index in [9.17, 15) is 5.11 Å². The zero-order valence-electron chi connectivity index (χ0n) is 8.07. The van der Waals surface area contributed by atoms with Gasteiger partial charge in [-0.25, -0.2) is 9.97 Å². The van der Waals surface area contributed by atoms with Crippen LogP contribution in [0.3, 0.4) is 0 Å². The van der Waals surface area contributed by atoms with Gasteiger partial charge in [-0.1, -0.05) is 6.42 Å². The highest BCUT2D eigenvalue weighted by Crippen LogP contribution is 2.38. The quantitative estimate of drug-likeness (QED) is 0.765. The standard InChI is InChI=1S/C10H13ClN2O/c1-6-8(5-12-10(11)13-6)9(14)7-3-2-4-7/h5,7,9,14H,2-4H2,1H3. The van der Waals surface area contributed by atoms with E-state index in [2.05, 4.69) is 9.97 Å². The largest absolute Gasteiger partial charge is 0.388 e. The summed E-state index contributed by atoms with van der Waals surface area (Å²) in [6, 6.07) is 0. The Hall–Kier alpha value is -0.670. The lowest BCUT2D eigenvalue weighted by Crippen LogP contribution is -2.21. The van der Waals surface area contributed by atoms with Crippen LogP contribution in [0.4, 0.5) is 0 Å². The molecule has 1 aliphatic rings. The molecule has 1 atom stereocenters. The van der Waals surface area contributed by atoms with Crippen molar-refractivity contribution in [1.82, 2.24) is 9.97 Å². The van der Waals surface area contributed by atoms with E-state index in [-0.39, 0.29) is 5.28 Å². The Morgan fingerprint density at radius 1 is 1.57 bits per heavy atom. The summed E-state index contributed by atoms with van der Waals surface area (Å²) in [5.41, 5.74) is 1.60. The van der Waals surface area contributed by atoms with Crippen LogP contribution in [-0.4, -0.2) is 15.1 Å². The summed E-state index contributed by atoms with van der Waals surface area (Å²) in [5, 5.41) is 10.2. The molecule has 0 bridgehead atoms. The van der Waals surface area contributed by atoms with Gasteiger partial charge in [0.25, 0.3) is 0 Å². The Labute approximate surface area is 88.2 Å². The maximum Gasteiger partial charge on any atom is 0.222 e. The van der Waals surface area contributed by atoms with Gasteiger partial charge in [0.1, 0.15) is 0 Å². The minimum absolute atomic E-state index is 0.243. The molecule has 3 nitrogen and oxygen atoms in total. The summed E-state index contributed by atoms with van der Waals surface area (Å²) in [5.74, 6) is 0.387. The lowest BCUT2D eigenvalue weighted by Gasteiger charge is -2.30. The normalized spacial score (nSPS) is 19.1. The summed E-state index contributed by atoms with van der Waals surface area (Å²) in [6.45, 7) is 1.85. The van der Waals surface area contributed by atoms with Gasteiger partial charge < -0.3 is 5.11 Å². The van der Waals surface area contributed by atoms with E-state index >= 15 is 0 Å². The maximum absolute atomic E-state index is 9.99. The van der Waals surface area contributed by atoms with E-state index in [0.717, 1.165) is 24.1 Å².